The molecular formula is C15H25ClO2. The molecule has 0 spiro atoms. The van der Waals surface area contributed by atoms with Crippen molar-refractivity contribution in [3.05, 3.63) is 0 Å². The highest BCUT2D eigenvalue weighted by Crippen LogP contribution is 2.67. The maximum atomic E-state index is 9.63. The fraction of sp³-hybridized carbons (Fsp3) is 1.00. The van der Waals surface area contributed by atoms with Gasteiger partial charge in [0.15, 0.2) is 0 Å². The van der Waals surface area contributed by atoms with Gasteiger partial charge in [0.25, 0.3) is 0 Å². The summed E-state index contributed by atoms with van der Waals surface area (Å²) < 4.78 is 6.19. The first-order chi connectivity index (χ1) is 8.36. The maximum Gasteiger partial charge on any atom is 0.0908 e. The van der Waals surface area contributed by atoms with Crippen molar-refractivity contribution < 1.29 is 9.84 Å². The normalized spacial score (nSPS) is 51.7. The summed E-state index contributed by atoms with van der Waals surface area (Å²) in [4.78, 5) is 0. The minimum Gasteiger partial charge on any atom is -0.389 e. The van der Waals surface area contributed by atoms with E-state index in [2.05, 4.69) is 13.8 Å². The summed E-state index contributed by atoms with van der Waals surface area (Å²) in [5, 5.41) is 9.63. The number of alkyl halides is 1. The second-order valence-corrected chi connectivity index (χ2v) is 8.24. The average Bonchev–Trinajstić information content (AvgIpc) is 2.21. The Kier molecular flexibility index (Phi) is 3.01. The molecule has 0 amide bonds. The van der Waals surface area contributed by atoms with E-state index in [1.54, 1.807) is 0 Å². The summed E-state index contributed by atoms with van der Waals surface area (Å²) in [7, 11) is 0. The molecule has 0 aromatic carbocycles. The van der Waals surface area contributed by atoms with Crippen molar-refractivity contribution in [2.24, 2.45) is 16.7 Å². The van der Waals surface area contributed by atoms with Crippen molar-refractivity contribution in [3.63, 3.8) is 0 Å². The van der Waals surface area contributed by atoms with Crippen molar-refractivity contribution in [2.75, 3.05) is 12.5 Å². The van der Waals surface area contributed by atoms with Gasteiger partial charge in [-0.3, -0.25) is 0 Å². The smallest absolute Gasteiger partial charge is 0.0908 e. The zero-order chi connectivity index (χ0) is 13.0. The van der Waals surface area contributed by atoms with Gasteiger partial charge in [-0.2, -0.15) is 0 Å². The van der Waals surface area contributed by atoms with E-state index in [1.165, 1.54) is 38.5 Å². The number of halogens is 1. The lowest BCUT2D eigenvalue weighted by atomic mass is 9.43. The average molecular weight is 273 g/mol. The summed E-state index contributed by atoms with van der Waals surface area (Å²) in [5.41, 5.74) is 0.982. The Labute approximate surface area is 115 Å². The summed E-state index contributed by atoms with van der Waals surface area (Å²) >= 11 is 5.66. The predicted octanol–water partition coefficient (Wildman–Crippen LogP) is 3.35. The van der Waals surface area contributed by atoms with Crippen molar-refractivity contribution in [3.8, 4) is 0 Å². The molecule has 4 saturated carbocycles. The van der Waals surface area contributed by atoms with E-state index in [0.717, 1.165) is 5.92 Å². The molecule has 4 fully saturated rings. The van der Waals surface area contributed by atoms with E-state index >= 15 is 0 Å². The van der Waals surface area contributed by atoms with Crippen LogP contribution < -0.4 is 0 Å². The van der Waals surface area contributed by atoms with Crippen LogP contribution in [0.5, 0.6) is 0 Å². The van der Waals surface area contributed by atoms with Crippen LogP contribution >= 0.6 is 11.6 Å². The van der Waals surface area contributed by atoms with Crippen molar-refractivity contribution >= 4 is 11.6 Å². The third-order valence-electron chi connectivity index (χ3n) is 5.34. The van der Waals surface area contributed by atoms with Crippen LogP contribution in [0, 0.1) is 16.7 Å². The van der Waals surface area contributed by atoms with E-state index in [4.69, 9.17) is 16.3 Å². The van der Waals surface area contributed by atoms with Gasteiger partial charge in [-0.1, -0.05) is 13.8 Å². The lowest BCUT2D eigenvalue weighted by molar-refractivity contribution is -0.221. The molecule has 4 aliphatic carbocycles. The Hall–Kier alpha value is 0.210. The fourth-order valence-electron chi connectivity index (χ4n) is 5.82. The molecule has 0 aliphatic heterocycles. The molecule has 3 unspecified atom stereocenters. The first-order valence-electron chi connectivity index (χ1n) is 7.24. The highest BCUT2D eigenvalue weighted by atomic mass is 35.5. The SMILES string of the molecule is CC12CC3CC(C)(C1)CC(OCC(O)CCl)(C3)C2. The molecule has 0 aromatic heterocycles. The van der Waals surface area contributed by atoms with Crippen molar-refractivity contribution in [2.45, 2.75) is 64.1 Å². The lowest BCUT2D eigenvalue weighted by Crippen LogP contribution is -2.59. The molecule has 3 heteroatoms. The monoisotopic (exact) mass is 272 g/mol. The van der Waals surface area contributed by atoms with E-state index < -0.39 is 6.10 Å². The zero-order valence-corrected chi connectivity index (χ0v) is 12.3. The molecule has 3 atom stereocenters. The molecule has 1 N–H and O–H groups in total. The molecule has 0 aromatic rings. The first kappa shape index (κ1) is 13.2. The van der Waals surface area contributed by atoms with E-state index in [9.17, 15) is 5.11 Å². The molecule has 0 heterocycles. The second kappa shape index (κ2) is 4.10. The minimum atomic E-state index is -0.514. The van der Waals surface area contributed by atoms with E-state index in [0.29, 0.717) is 17.4 Å². The maximum absolute atomic E-state index is 9.63. The van der Waals surface area contributed by atoms with Crippen LogP contribution in [0.15, 0.2) is 0 Å². The van der Waals surface area contributed by atoms with Crippen LogP contribution in [-0.4, -0.2) is 29.3 Å². The second-order valence-electron chi connectivity index (χ2n) is 7.93. The Morgan fingerprint density at radius 2 is 1.78 bits per heavy atom. The highest BCUT2D eigenvalue weighted by Gasteiger charge is 2.60. The Balaban J connectivity index is 1.76. The summed E-state index contributed by atoms with van der Waals surface area (Å²) in [6, 6.07) is 0. The number of hydrogen-bond acceptors (Lipinski definition) is 2. The van der Waals surface area contributed by atoms with Crippen molar-refractivity contribution in [1.82, 2.24) is 0 Å². The Bertz CT molecular complexity index is 325. The molecule has 0 radical (unpaired) electrons. The Morgan fingerprint density at radius 3 is 2.28 bits per heavy atom. The van der Waals surface area contributed by atoms with E-state index in [-0.39, 0.29) is 11.5 Å². The van der Waals surface area contributed by atoms with Crippen LogP contribution in [0.2, 0.25) is 0 Å². The largest absolute Gasteiger partial charge is 0.389 e. The van der Waals surface area contributed by atoms with Gasteiger partial charge < -0.3 is 9.84 Å². The Morgan fingerprint density at radius 1 is 1.17 bits per heavy atom. The van der Waals surface area contributed by atoms with Gasteiger partial charge in [-0.05, 0) is 55.3 Å². The minimum absolute atomic E-state index is 0.0377. The summed E-state index contributed by atoms with van der Waals surface area (Å²) in [6.07, 6.45) is 7.17. The van der Waals surface area contributed by atoms with Crippen LogP contribution in [0.3, 0.4) is 0 Å². The molecular weight excluding hydrogens is 248 g/mol. The quantitative estimate of drug-likeness (QED) is 0.796. The van der Waals surface area contributed by atoms with Gasteiger partial charge in [0.2, 0.25) is 0 Å². The summed E-state index contributed by atoms with van der Waals surface area (Å²) in [6.45, 7) is 5.28. The van der Waals surface area contributed by atoms with Gasteiger partial charge in [0, 0.05) is 0 Å². The zero-order valence-electron chi connectivity index (χ0n) is 11.5. The van der Waals surface area contributed by atoms with Crippen LogP contribution in [-0.2, 0) is 4.74 Å². The third-order valence-corrected chi connectivity index (χ3v) is 5.69. The molecule has 104 valence electrons. The molecule has 4 aliphatic rings. The third kappa shape index (κ3) is 2.21. The van der Waals surface area contributed by atoms with Gasteiger partial charge in [0.1, 0.15) is 0 Å². The number of rotatable bonds is 4. The standard InChI is InChI=1S/C15H25ClO2/c1-13-3-11-4-14(2,8-13)10-15(5-11,9-13)18-7-12(17)6-16/h11-12,17H,3-10H2,1-2H3. The predicted molar refractivity (Wildman–Crippen MR) is 72.8 cm³/mol. The topological polar surface area (TPSA) is 29.5 Å². The highest BCUT2D eigenvalue weighted by molar-refractivity contribution is 6.18. The van der Waals surface area contributed by atoms with E-state index in [1.807, 2.05) is 0 Å². The fourth-order valence-corrected chi connectivity index (χ4v) is 5.91. The van der Waals surface area contributed by atoms with Gasteiger partial charge in [-0.25, -0.2) is 0 Å². The van der Waals surface area contributed by atoms with Crippen LogP contribution in [0.1, 0.15) is 52.4 Å². The molecule has 2 nitrogen and oxygen atoms in total. The number of aliphatic hydroxyl groups excluding tert-OH is 1. The summed E-state index contributed by atoms with van der Waals surface area (Å²) in [5.74, 6) is 1.11. The number of ether oxygens (including phenoxy) is 1. The van der Waals surface area contributed by atoms with Crippen LogP contribution in [0.25, 0.3) is 0 Å². The van der Waals surface area contributed by atoms with Gasteiger partial charge in [-0.15, -0.1) is 11.6 Å². The lowest BCUT2D eigenvalue weighted by Gasteiger charge is -2.65. The number of hydrogen-bond donors (Lipinski definition) is 1. The first-order valence-corrected chi connectivity index (χ1v) is 7.78. The number of aliphatic hydroxyl groups is 1. The van der Waals surface area contributed by atoms with Gasteiger partial charge in [0.05, 0.1) is 24.2 Å². The molecule has 0 saturated heterocycles. The van der Waals surface area contributed by atoms with Gasteiger partial charge >= 0.3 is 0 Å². The molecule has 4 rings (SSSR count). The van der Waals surface area contributed by atoms with Crippen molar-refractivity contribution in [1.29, 1.82) is 0 Å². The molecule has 4 bridgehead atoms. The molecule has 18 heavy (non-hydrogen) atoms. The van der Waals surface area contributed by atoms with Crippen LogP contribution in [0.4, 0.5) is 0 Å².